The Morgan fingerprint density at radius 2 is 1.95 bits per heavy atom. The van der Waals surface area contributed by atoms with Crippen molar-refractivity contribution in [1.29, 1.82) is 0 Å². The molecule has 0 aliphatic rings. The lowest BCUT2D eigenvalue weighted by molar-refractivity contribution is 1.15. The number of anilines is 1. The second-order valence-electron chi connectivity index (χ2n) is 4.81. The molecule has 4 heteroatoms. The first-order chi connectivity index (χ1) is 10.2. The van der Waals surface area contributed by atoms with Gasteiger partial charge < -0.3 is 5.32 Å². The highest BCUT2D eigenvalue weighted by Crippen LogP contribution is 2.23. The highest BCUT2D eigenvalue weighted by atomic mass is 79.9. The van der Waals surface area contributed by atoms with E-state index < -0.39 is 0 Å². The average Bonchev–Trinajstić information content (AvgIpc) is 2.92. The molecule has 0 aliphatic carbocycles. The molecule has 0 atom stereocenters. The molecule has 0 saturated heterocycles. The van der Waals surface area contributed by atoms with Gasteiger partial charge in [-0.25, -0.2) is 4.98 Å². The summed E-state index contributed by atoms with van der Waals surface area (Å²) < 4.78 is 1.11. The van der Waals surface area contributed by atoms with Crippen molar-refractivity contribution in [1.82, 2.24) is 4.98 Å². The molecule has 0 saturated carbocycles. The molecular formula is C17H15BrN2S. The van der Waals surface area contributed by atoms with E-state index in [2.05, 4.69) is 74.1 Å². The van der Waals surface area contributed by atoms with E-state index in [4.69, 9.17) is 0 Å². The number of thiazole rings is 1. The van der Waals surface area contributed by atoms with Crippen molar-refractivity contribution in [3.05, 3.63) is 69.0 Å². The molecule has 0 bridgehead atoms. The van der Waals surface area contributed by atoms with Gasteiger partial charge in [0.2, 0.25) is 0 Å². The van der Waals surface area contributed by atoms with Gasteiger partial charge in [-0.3, -0.25) is 0 Å². The molecule has 3 rings (SSSR count). The van der Waals surface area contributed by atoms with Gasteiger partial charge in [0.15, 0.2) is 0 Å². The Kier molecular flexibility index (Phi) is 4.36. The van der Waals surface area contributed by atoms with Crippen molar-refractivity contribution >= 4 is 33.0 Å². The molecule has 0 aliphatic heterocycles. The number of halogens is 1. The Hall–Kier alpha value is -1.65. The van der Waals surface area contributed by atoms with Crippen LogP contribution in [0.25, 0.3) is 11.3 Å². The normalized spacial score (nSPS) is 10.6. The van der Waals surface area contributed by atoms with Crippen LogP contribution in [0, 0.1) is 6.92 Å². The van der Waals surface area contributed by atoms with Gasteiger partial charge in [0.25, 0.3) is 0 Å². The first kappa shape index (κ1) is 14.3. The van der Waals surface area contributed by atoms with Crippen molar-refractivity contribution in [3.63, 3.8) is 0 Å². The van der Waals surface area contributed by atoms with E-state index in [1.807, 2.05) is 13.0 Å². The van der Waals surface area contributed by atoms with Crippen LogP contribution in [-0.4, -0.2) is 4.98 Å². The monoisotopic (exact) mass is 358 g/mol. The second kappa shape index (κ2) is 6.41. The third-order valence-electron chi connectivity index (χ3n) is 3.19. The van der Waals surface area contributed by atoms with Crippen LogP contribution in [0.3, 0.4) is 0 Å². The Morgan fingerprint density at radius 1 is 1.14 bits per heavy atom. The zero-order chi connectivity index (χ0) is 14.7. The standard InChI is InChI=1S/C17H15BrN2S/c1-12-20-17(11-21-12)14-5-7-16(8-6-14)19-10-13-3-2-4-15(18)9-13/h2-9,11,19H,10H2,1H3. The third kappa shape index (κ3) is 3.71. The van der Waals surface area contributed by atoms with Crippen molar-refractivity contribution in [2.75, 3.05) is 5.32 Å². The van der Waals surface area contributed by atoms with Gasteiger partial charge in [-0.2, -0.15) is 0 Å². The number of nitrogens with one attached hydrogen (secondary N) is 1. The minimum absolute atomic E-state index is 0.814. The minimum atomic E-state index is 0.814. The number of aryl methyl sites for hydroxylation is 1. The number of aromatic nitrogens is 1. The van der Waals surface area contributed by atoms with Gasteiger partial charge >= 0.3 is 0 Å². The minimum Gasteiger partial charge on any atom is -0.381 e. The van der Waals surface area contributed by atoms with E-state index >= 15 is 0 Å². The van der Waals surface area contributed by atoms with Crippen LogP contribution in [0.4, 0.5) is 5.69 Å². The topological polar surface area (TPSA) is 24.9 Å². The van der Waals surface area contributed by atoms with Crippen LogP contribution in [0.15, 0.2) is 58.4 Å². The van der Waals surface area contributed by atoms with Crippen LogP contribution in [-0.2, 0) is 6.54 Å². The quantitative estimate of drug-likeness (QED) is 0.666. The molecule has 106 valence electrons. The smallest absolute Gasteiger partial charge is 0.0901 e. The van der Waals surface area contributed by atoms with Crippen molar-refractivity contribution < 1.29 is 0 Å². The molecule has 2 aromatic carbocycles. The van der Waals surface area contributed by atoms with E-state index in [9.17, 15) is 0 Å². The Balaban J connectivity index is 1.67. The fourth-order valence-electron chi connectivity index (χ4n) is 2.11. The fraction of sp³-hybridized carbons (Fsp3) is 0.118. The SMILES string of the molecule is Cc1nc(-c2ccc(NCc3cccc(Br)c3)cc2)cs1. The lowest BCUT2D eigenvalue weighted by Crippen LogP contribution is -1.98. The van der Waals surface area contributed by atoms with Crippen LogP contribution in [0.5, 0.6) is 0 Å². The van der Waals surface area contributed by atoms with Crippen molar-refractivity contribution in [2.24, 2.45) is 0 Å². The maximum Gasteiger partial charge on any atom is 0.0901 e. The molecule has 1 heterocycles. The number of benzene rings is 2. The number of hydrogen-bond acceptors (Lipinski definition) is 3. The van der Waals surface area contributed by atoms with Gasteiger partial charge in [-0.05, 0) is 36.8 Å². The molecular weight excluding hydrogens is 344 g/mol. The molecule has 0 radical (unpaired) electrons. The van der Waals surface area contributed by atoms with E-state index in [-0.39, 0.29) is 0 Å². The van der Waals surface area contributed by atoms with E-state index in [1.54, 1.807) is 11.3 Å². The summed E-state index contributed by atoms with van der Waals surface area (Å²) in [6.45, 7) is 2.84. The Labute approximate surface area is 137 Å². The van der Waals surface area contributed by atoms with Gasteiger partial charge in [0.1, 0.15) is 0 Å². The van der Waals surface area contributed by atoms with Gasteiger partial charge in [-0.15, -0.1) is 11.3 Å². The lowest BCUT2D eigenvalue weighted by Gasteiger charge is -2.07. The van der Waals surface area contributed by atoms with Crippen LogP contribution < -0.4 is 5.32 Å². The Morgan fingerprint density at radius 3 is 2.62 bits per heavy atom. The van der Waals surface area contributed by atoms with Crippen molar-refractivity contribution in [2.45, 2.75) is 13.5 Å². The first-order valence-electron chi connectivity index (χ1n) is 6.71. The number of hydrogen-bond donors (Lipinski definition) is 1. The molecule has 3 aromatic rings. The third-order valence-corrected chi connectivity index (χ3v) is 4.45. The summed E-state index contributed by atoms with van der Waals surface area (Å²) in [5, 5.41) is 6.63. The zero-order valence-corrected chi connectivity index (χ0v) is 14.0. The highest BCUT2D eigenvalue weighted by Gasteiger charge is 2.02. The molecule has 0 spiro atoms. The maximum absolute atomic E-state index is 4.51. The molecule has 1 aromatic heterocycles. The fourth-order valence-corrected chi connectivity index (χ4v) is 3.17. The zero-order valence-electron chi connectivity index (χ0n) is 11.6. The molecule has 0 amide bonds. The van der Waals surface area contributed by atoms with Crippen LogP contribution in [0.2, 0.25) is 0 Å². The van der Waals surface area contributed by atoms with E-state index in [0.717, 1.165) is 33.0 Å². The Bertz CT molecular complexity index is 735. The summed E-state index contributed by atoms with van der Waals surface area (Å²) in [5.41, 5.74) is 4.58. The molecule has 0 unspecified atom stereocenters. The largest absolute Gasteiger partial charge is 0.381 e. The van der Waals surface area contributed by atoms with Crippen molar-refractivity contribution in [3.8, 4) is 11.3 Å². The van der Waals surface area contributed by atoms with Crippen LogP contribution in [0.1, 0.15) is 10.6 Å². The average molecular weight is 359 g/mol. The second-order valence-corrected chi connectivity index (χ2v) is 6.79. The summed E-state index contributed by atoms with van der Waals surface area (Å²) in [5.74, 6) is 0. The molecule has 0 fully saturated rings. The first-order valence-corrected chi connectivity index (χ1v) is 8.39. The number of nitrogens with zero attached hydrogens (tertiary/aromatic N) is 1. The van der Waals surface area contributed by atoms with E-state index in [1.165, 1.54) is 5.56 Å². The van der Waals surface area contributed by atoms with Gasteiger partial charge in [0, 0.05) is 27.6 Å². The summed E-state index contributed by atoms with van der Waals surface area (Å²) in [6.07, 6.45) is 0. The summed E-state index contributed by atoms with van der Waals surface area (Å²) in [7, 11) is 0. The summed E-state index contributed by atoms with van der Waals surface area (Å²) in [6, 6.07) is 16.7. The highest BCUT2D eigenvalue weighted by molar-refractivity contribution is 9.10. The van der Waals surface area contributed by atoms with E-state index in [0.29, 0.717) is 0 Å². The summed E-state index contributed by atoms with van der Waals surface area (Å²) in [4.78, 5) is 4.51. The van der Waals surface area contributed by atoms with Gasteiger partial charge in [-0.1, -0.05) is 40.2 Å². The summed E-state index contributed by atoms with van der Waals surface area (Å²) >= 11 is 5.17. The predicted octanol–water partition coefficient (Wildman–Crippen LogP) is 5.49. The van der Waals surface area contributed by atoms with Crippen LogP contribution >= 0.6 is 27.3 Å². The lowest BCUT2D eigenvalue weighted by atomic mass is 10.1. The molecule has 1 N–H and O–H groups in total. The molecule has 21 heavy (non-hydrogen) atoms. The maximum atomic E-state index is 4.51. The molecule has 2 nitrogen and oxygen atoms in total. The van der Waals surface area contributed by atoms with Gasteiger partial charge in [0.05, 0.1) is 10.7 Å². The predicted molar refractivity (Wildman–Crippen MR) is 93.8 cm³/mol. The number of rotatable bonds is 4.